The Morgan fingerprint density at radius 3 is 2.30 bits per heavy atom. The van der Waals surface area contributed by atoms with E-state index in [1.54, 1.807) is 0 Å². The van der Waals surface area contributed by atoms with Crippen molar-refractivity contribution < 1.29 is 40.4 Å². The minimum absolute atomic E-state index is 0.159. The Hall–Kier alpha value is -2.06. The van der Waals surface area contributed by atoms with Gasteiger partial charge in [-0.2, -0.15) is 13.5 Å². The van der Waals surface area contributed by atoms with Crippen LogP contribution in [0.1, 0.15) is 26.7 Å². The number of hydrogen-bond donors (Lipinski definition) is 3. The molecule has 4 amide bonds. The SMILES string of the molecule is CC1(C)CC1C(=O)NNC(=O)C1CC(F)(F)C2CN1C(=O)N2OS(=O)(=O)O. The molecule has 3 N–H and O–H groups in total. The average molecular weight is 412 g/mol. The summed E-state index contributed by atoms with van der Waals surface area (Å²) in [7, 11) is -5.21. The van der Waals surface area contributed by atoms with Crippen LogP contribution in [0.3, 0.4) is 0 Å². The number of hydroxylamine groups is 2. The standard InChI is InChI=1S/C13H18F2N4O7S/c1-12(2)3-6(12)9(20)16-17-10(21)7-4-13(14,15)8-5-18(7)11(22)19(8)26-27(23,24)25/h6-8H,3-5H2,1-2H3,(H,16,20)(H,17,21)(H,23,24,25). The van der Waals surface area contributed by atoms with Crippen molar-refractivity contribution in [2.75, 3.05) is 6.54 Å². The van der Waals surface area contributed by atoms with E-state index in [0.717, 1.165) is 0 Å². The Balaban J connectivity index is 1.69. The average Bonchev–Trinajstić information content (AvgIpc) is 3.06. The van der Waals surface area contributed by atoms with E-state index in [2.05, 4.69) is 9.71 Å². The molecule has 3 fully saturated rings. The van der Waals surface area contributed by atoms with Crippen molar-refractivity contribution in [2.24, 2.45) is 11.3 Å². The second kappa shape index (κ2) is 5.97. The van der Waals surface area contributed by atoms with E-state index in [0.29, 0.717) is 11.3 Å². The number of carbonyl (C=O) groups excluding carboxylic acids is 3. The number of nitrogens with one attached hydrogen (secondary N) is 2. The van der Waals surface area contributed by atoms with Gasteiger partial charge in [0.25, 0.3) is 11.8 Å². The van der Waals surface area contributed by atoms with Gasteiger partial charge in [0, 0.05) is 12.3 Å². The van der Waals surface area contributed by atoms with Crippen molar-refractivity contribution in [1.82, 2.24) is 20.8 Å². The van der Waals surface area contributed by atoms with Crippen LogP contribution in [0.2, 0.25) is 0 Å². The second-order valence-corrected chi connectivity index (χ2v) is 8.49. The number of hydrogen-bond acceptors (Lipinski definition) is 6. The minimum atomic E-state index is -5.21. The molecule has 0 spiro atoms. The zero-order valence-electron chi connectivity index (χ0n) is 14.3. The number of fused-ring (bicyclic) bond motifs is 2. The summed E-state index contributed by atoms with van der Waals surface area (Å²) in [6.07, 6.45) is -0.490. The van der Waals surface area contributed by atoms with Crippen LogP contribution in [0.5, 0.6) is 0 Å². The number of rotatable bonds is 4. The highest BCUT2D eigenvalue weighted by molar-refractivity contribution is 7.80. The molecule has 2 aliphatic heterocycles. The maximum Gasteiger partial charge on any atom is 0.418 e. The van der Waals surface area contributed by atoms with E-state index >= 15 is 0 Å². The van der Waals surface area contributed by atoms with E-state index in [9.17, 15) is 31.6 Å². The molecule has 27 heavy (non-hydrogen) atoms. The lowest BCUT2D eigenvalue weighted by atomic mass is 9.96. The monoisotopic (exact) mass is 412 g/mol. The Morgan fingerprint density at radius 2 is 1.78 bits per heavy atom. The summed E-state index contributed by atoms with van der Waals surface area (Å²) in [6, 6.07) is -4.96. The molecule has 0 aromatic carbocycles. The van der Waals surface area contributed by atoms with Crippen LogP contribution in [0.15, 0.2) is 0 Å². The Bertz CT molecular complexity index is 802. The molecule has 3 atom stereocenters. The molecule has 152 valence electrons. The highest BCUT2D eigenvalue weighted by Gasteiger charge is 2.62. The van der Waals surface area contributed by atoms with Crippen LogP contribution in [0.25, 0.3) is 0 Å². The molecular weight excluding hydrogens is 394 g/mol. The molecule has 3 aliphatic rings. The van der Waals surface area contributed by atoms with Gasteiger partial charge in [0.15, 0.2) is 0 Å². The molecule has 2 bridgehead atoms. The van der Waals surface area contributed by atoms with Gasteiger partial charge in [0.2, 0.25) is 5.91 Å². The molecule has 0 radical (unpaired) electrons. The second-order valence-electron chi connectivity index (χ2n) is 7.48. The highest BCUT2D eigenvalue weighted by Crippen LogP contribution is 2.51. The van der Waals surface area contributed by atoms with Crippen molar-refractivity contribution in [3.63, 3.8) is 0 Å². The molecule has 14 heteroatoms. The van der Waals surface area contributed by atoms with Gasteiger partial charge < -0.3 is 4.90 Å². The predicted molar refractivity (Wildman–Crippen MR) is 81.9 cm³/mol. The summed E-state index contributed by atoms with van der Waals surface area (Å²) in [5.41, 5.74) is 3.96. The number of urea groups is 1. The molecule has 1 saturated carbocycles. The number of alkyl halides is 2. The van der Waals surface area contributed by atoms with Gasteiger partial charge in [-0.05, 0) is 11.8 Å². The molecule has 1 aliphatic carbocycles. The first-order valence-corrected chi connectivity index (χ1v) is 9.34. The van der Waals surface area contributed by atoms with Gasteiger partial charge >= 0.3 is 16.4 Å². The van der Waals surface area contributed by atoms with E-state index in [4.69, 9.17) is 4.55 Å². The number of halogens is 2. The number of piperidine rings is 1. The largest absolute Gasteiger partial charge is 0.418 e. The fourth-order valence-corrected chi connectivity index (χ4v) is 3.67. The maximum atomic E-state index is 14.3. The fraction of sp³-hybridized carbons (Fsp3) is 0.769. The van der Waals surface area contributed by atoms with Crippen molar-refractivity contribution in [3.8, 4) is 0 Å². The highest BCUT2D eigenvalue weighted by atomic mass is 32.3. The fourth-order valence-electron chi connectivity index (χ4n) is 3.30. The zero-order chi connectivity index (χ0) is 20.4. The van der Waals surface area contributed by atoms with E-state index in [1.807, 2.05) is 19.3 Å². The zero-order valence-corrected chi connectivity index (χ0v) is 15.1. The van der Waals surface area contributed by atoms with Crippen LogP contribution in [-0.2, 0) is 24.3 Å². The van der Waals surface area contributed by atoms with Gasteiger partial charge in [0.05, 0.1) is 6.54 Å². The summed E-state index contributed by atoms with van der Waals surface area (Å²) in [6.45, 7) is 3.02. The number of amides is 4. The summed E-state index contributed by atoms with van der Waals surface area (Å²) in [4.78, 5) is 37.0. The lowest BCUT2D eigenvalue weighted by molar-refractivity contribution is -0.154. The van der Waals surface area contributed by atoms with E-state index in [-0.39, 0.29) is 16.4 Å². The molecule has 0 aromatic heterocycles. The van der Waals surface area contributed by atoms with Crippen LogP contribution in [0.4, 0.5) is 13.6 Å². The quantitative estimate of drug-likeness (QED) is 0.414. The minimum Gasteiger partial charge on any atom is -0.308 e. The van der Waals surface area contributed by atoms with E-state index in [1.165, 1.54) is 0 Å². The lowest BCUT2D eigenvalue weighted by Gasteiger charge is -2.34. The van der Waals surface area contributed by atoms with Gasteiger partial charge in [-0.1, -0.05) is 13.8 Å². The van der Waals surface area contributed by atoms with Gasteiger partial charge in [0.1, 0.15) is 12.1 Å². The Labute approximate surface area is 152 Å². The van der Waals surface area contributed by atoms with Gasteiger partial charge in [-0.15, -0.1) is 4.28 Å². The van der Waals surface area contributed by atoms with Crippen LogP contribution < -0.4 is 10.9 Å². The van der Waals surface area contributed by atoms with E-state index < -0.39 is 59.2 Å². The first-order valence-electron chi connectivity index (χ1n) is 7.97. The van der Waals surface area contributed by atoms with Crippen molar-refractivity contribution in [1.29, 1.82) is 0 Å². The topological polar surface area (TPSA) is 145 Å². The van der Waals surface area contributed by atoms with Crippen LogP contribution >= 0.6 is 0 Å². The maximum absolute atomic E-state index is 14.3. The third-order valence-corrected chi connectivity index (χ3v) is 5.38. The molecule has 3 rings (SSSR count). The van der Waals surface area contributed by atoms with Crippen molar-refractivity contribution in [3.05, 3.63) is 0 Å². The van der Waals surface area contributed by atoms with Gasteiger partial charge in [-0.25, -0.2) is 13.6 Å². The normalized spacial score (nSPS) is 30.9. The van der Waals surface area contributed by atoms with Crippen LogP contribution in [-0.4, -0.2) is 65.3 Å². The van der Waals surface area contributed by atoms with Crippen molar-refractivity contribution in [2.45, 2.75) is 44.7 Å². The summed E-state index contributed by atoms with van der Waals surface area (Å²) in [5.74, 6) is -5.51. The Kier molecular flexibility index (Phi) is 4.35. The number of carbonyl (C=O) groups is 3. The number of hydrazine groups is 1. The first-order chi connectivity index (χ1) is 12.2. The van der Waals surface area contributed by atoms with Gasteiger partial charge in [-0.3, -0.25) is 25.0 Å². The molecule has 3 unspecified atom stereocenters. The third kappa shape index (κ3) is 3.68. The molecule has 0 aromatic rings. The summed E-state index contributed by atoms with van der Waals surface area (Å²) in [5, 5.41) is -0.159. The lowest BCUT2D eigenvalue weighted by Crippen LogP contribution is -2.58. The number of nitrogens with zero attached hydrogens (tertiary/aromatic N) is 2. The predicted octanol–water partition coefficient (Wildman–Crippen LogP) is -0.572. The summed E-state index contributed by atoms with van der Waals surface area (Å²) < 4.78 is 62.8. The van der Waals surface area contributed by atoms with Crippen LogP contribution in [0, 0.1) is 11.3 Å². The smallest absolute Gasteiger partial charge is 0.308 e. The molecule has 2 saturated heterocycles. The first kappa shape index (κ1) is 19.7. The van der Waals surface area contributed by atoms with Crippen molar-refractivity contribution >= 4 is 28.2 Å². The molecule has 11 nitrogen and oxygen atoms in total. The molecule has 2 heterocycles. The summed E-state index contributed by atoms with van der Waals surface area (Å²) >= 11 is 0. The third-order valence-electron chi connectivity index (χ3n) is 5.03. The Morgan fingerprint density at radius 1 is 1.22 bits per heavy atom. The molecular formula is C13H18F2N4O7S.